The molecule has 1 heterocycles. The number of halogens is 1. The Hall–Kier alpha value is -0.830. The van der Waals surface area contributed by atoms with Crippen molar-refractivity contribution in [2.45, 2.75) is 30.5 Å². The summed E-state index contributed by atoms with van der Waals surface area (Å²) in [4.78, 5) is 13.4. The van der Waals surface area contributed by atoms with Crippen LogP contribution in [-0.4, -0.2) is 19.4 Å². The highest BCUT2D eigenvalue weighted by Gasteiger charge is 2.22. The summed E-state index contributed by atoms with van der Waals surface area (Å²) in [6.45, 7) is 4.17. The largest absolute Gasteiger partial charge is 0.372 e. The van der Waals surface area contributed by atoms with E-state index >= 15 is 0 Å². The SMILES string of the molecule is CC(Br)(C=O)c1ccc(N2CCCCC2)cc1. The van der Waals surface area contributed by atoms with Gasteiger partial charge in [0.05, 0.1) is 0 Å². The lowest BCUT2D eigenvalue weighted by Gasteiger charge is -2.29. The van der Waals surface area contributed by atoms with Gasteiger partial charge in [0.2, 0.25) is 0 Å². The fraction of sp³-hybridized carbons (Fsp3) is 0.500. The molecule has 1 atom stereocenters. The number of nitrogens with zero attached hydrogens (tertiary/aromatic N) is 1. The molecule has 92 valence electrons. The van der Waals surface area contributed by atoms with E-state index in [0.717, 1.165) is 24.9 Å². The Balaban J connectivity index is 2.15. The van der Waals surface area contributed by atoms with Gasteiger partial charge in [-0.3, -0.25) is 0 Å². The molecule has 1 aromatic rings. The molecule has 1 saturated heterocycles. The Morgan fingerprint density at radius 1 is 1.18 bits per heavy atom. The van der Waals surface area contributed by atoms with E-state index in [2.05, 4.69) is 33.0 Å². The Labute approximate surface area is 111 Å². The van der Waals surface area contributed by atoms with Crippen LogP contribution in [0.25, 0.3) is 0 Å². The maximum atomic E-state index is 11.0. The minimum atomic E-state index is -0.562. The average Bonchev–Trinajstić information content (AvgIpc) is 2.40. The molecule has 1 aliphatic rings. The number of hydrogen-bond donors (Lipinski definition) is 0. The van der Waals surface area contributed by atoms with Gasteiger partial charge in [-0.25, -0.2) is 0 Å². The molecule has 0 aliphatic carbocycles. The molecule has 1 unspecified atom stereocenters. The van der Waals surface area contributed by atoms with Crippen LogP contribution in [0.15, 0.2) is 24.3 Å². The van der Waals surface area contributed by atoms with Crippen LogP contribution >= 0.6 is 15.9 Å². The van der Waals surface area contributed by atoms with Crippen LogP contribution in [0.4, 0.5) is 5.69 Å². The van der Waals surface area contributed by atoms with Crippen molar-refractivity contribution in [2.75, 3.05) is 18.0 Å². The van der Waals surface area contributed by atoms with Gasteiger partial charge in [0.15, 0.2) is 0 Å². The molecule has 0 bridgehead atoms. The Kier molecular flexibility index (Phi) is 3.87. The first-order valence-corrected chi connectivity index (χ1v) is 6.93. The summed E-state index contributed by atoms with van der Waals surface area (Å²) in [6, 6.07) is 8.30. The number of hydrogen-bond acceptors (Lipinski definition) is 2. The lowest BCUT2D eigenvalue weighted by atomic mass is 10.0. The lowest BCUT2D eigenvalue weighted by Crippen LogP contribution is -2.29. The van der Waals surface area contributed by atoms with Crippen molar-refractivity contribution in [3.8, 4) is 0 Å². The zero-order valence-corrected chi connectivity index (χ0v) is 11.7. The number of alkyl halides is 1. The topological polar surface area (TPSA) is 20.3 Å². The van der Waals surface area contributed by atoms with Crippen LogP contribution in [0.2, 0.25) is 0 Å². The summed E-state index contributed by atoms with van der Waals surface area (Å²) in [6.07, 6.45) is 4.85. The minimum Gasteiger partial charge on any atom is -0.372 e. The van der Waals surface area contributed by atoms with Gasteiger partial charge in [0.1, 0.15) is 10.6 Å². The van der Waals surface area contributed by atoms with E-state index in [0.29, 0.717) is 0 Å². The molecular formula is C14H18BrNO. The molecule has 1 aliphatic heterocycles. The molecule has 0 saturated carbocycles. The number of carbonyl (C=O) groups is 1. The summed E-state index contributed by atoms with van der Waals surface area (Å²) >= 11 is 3.43. The Morgan fingerprint density at radius 3 is 2.29 bits per heavy atom. The van der Waals surface area contributed by atoms with Gasteiger partial charge in [-0.15, -0.1) is 0 Å². The molecule has 0 spiro atoms. The normalized spacial score (nSPS) is 19.8. The Bertz CT molecular complexity index is 380. The van der Waals surface area contributed by atoms with Crippen molar-refractivity contribution in [2.24, 2.45) is 0 Å². The number of benzene rings is 1. The zero-order chi connectivity index (χ0) is 12.3. The molecule has 17 heavy (non-hydrogen) atoms. The monoisotopic (exact) mass is 295 g/mol. The molecule has 1 aromatic carbocycles. The molecule has 2 rings (SSSR count). The highest BCUT2D eigenvalue weighted by molar-refractivity contribution is 9.10. The molecule has 0 radical (unpaired) electrons. The van der Waals surface area contributed by atoms with Gasteiger partial charge in [-0.2, -0.15) is 0 Å². The standard InChI is InChI=1S/C14H18BrNO/c1-14(15,11-17)12-5-7-13(8-6-12)16-9-3-2-4-10-16/h5-8,11H,2-4,9-10H2,1H3. The fourth-order valence-corrected chi connectivity index (χ4v) is 2.48. The van der Waals surface area contributed by atoms with E-state index in [1.807, 2.05) is 19.1 Å². The molecule has 0 amide bonds. The first-order valence-electron chi connectivity index (χ1n) is 6.14. The summed E-state index contributed by atoms with van der Waals surface area (Å²) < 4.78 is -0.562. The fourth-order valence-electron chi connectivity index (χ4n) is 2.22. The quantitative estimate of drug-likeness (QED) is 0.628. The second kappa shape index (κ2) is 5.21. The summed E-state index contributed by atoms with van der Waals surface area (Å²) in [5.74, 6) is 0. The Morgan fingerprint density at radius 2 is 1.76 bits per heavy atom. The van der Waals surface area contributed by atoms with Crippen molar-refractivity contribution >= 4 is 27.9 Å². The van der Waals surface area contributed by atoms with Gasteiger partial charge in [0.25, 0.3) is 0 Å². The van der Waals surface area contributed by atoms with Crippen molar-refractivity contribution in [1.29, 1.82) is 0 Å². The maximum Gasteiger partial charge on any atom is 0.140 e. The van der Waals surface area contributed by atoms with Crippen LogP contribution < -0.4 is 4.90 Å². The van der Waals surface area contributed by atoms with Crippen LogP contribution in [0.5, 0.6) is 0 Å². The number of aldehydes is 1. The van der Waals surface area contributed by atoms with E-state index in [1.165, 1.54) is 24.9 Å². The van der Waals surface area contributed by atoms with Crippen molar-refractivity contribution in [3.63, 3.8) is 0 Å². The third-order valence-electron chi connectivity index (χ3n) is 3.37. The smallest absolute Gasteiger partial charge is 0.140 e. The van der Waals surface area contributed by atoms with Crippen LogP contribution in [0.1, 0.15) is 31.7 Å². The highest BCUT2D eigenvalue weighted by Crippen LogP contribution is 2.30. The van der Waals surface area contributed by atoms with Gasteiger partial charge >= 0.3 is 0 Å². The van der Waals surface area contributed by atoms with Gasteiger partial charge in [0, 0.05) is 18.8 Å². The molecule has 0 N–H and O–H groups in total. The number of anilines is 1. The van der Waals surface area contributed by atoms with Crippen LogP contribution in [-0.2, 0) is 9.12 Å². The van der Waals surface area contributed by atoms with Crippen LogP contribution in [0.3, 0.4) is 0 Å². The third kappa shape index (κ3) is 2.89. The number of rotatable bonds is 3. The first kappa shape index (κ1) is 12.6. The second-order valence-electron chi connectivity index (χ2n) is 4.79. The summed E-state index contributed by atoms with van der Waals surface area (Å²) in [5, 5.41) is 0. The van der Waals surface area contributed by atoms with E-state index in [-0.39, 0.29) is 0 Å². The number of piperidine rings is 1. The van der Waals surface area contributed by atoms with E-state index < -0.39 is 4.32 Å². The van der Waals surface area contributed by atoms with Crippen molar-refractivity contribution in [3.05, 3.63) is 29.8 Å². The average molecular weight is 296 g/mol. The van der Waals surface area contributed by atoms with E-state index in [9.17, 15) is 4.79 Å². The highest BCUT2D eigenvalue weighted by atomic mass is 79.9. The van der Waals surface area contributed by atoms with Crippen molar-refractivity contribution < 1.29 is 4.79 Å². The van der Waals surface area contributed by atoms with Gasteiger partial charge < -0.3 is 9.69 Å². The van der Waals surface area contributed by atoms with E-state index in [1.54, 1.807) is 0 Å². The van der Waals surface area contributed by atoms with E-state index in [4.69, 9.17) is 0 Å². The minimum absolute atomic E-state index is 0.562. The van der Waals surface area contributed by atoms with Crippen LogP contribution in [0, 0.1) is 0 Å². The van der Waals surface area contributed by atoms with Crippen molar-refractivity contribution in [1.82, 2.24) is 0 Å². The number of carbonyl (C=O) groups excluding carboxylic acids is 1. The summed E-state index contributed by atoms with van der Waals surface area (Å²) in [7, 11) is 0. The molecular weight excluding hydrogens is 278 g/mol. The van der Waals surface area contributed by atoms with Gasteiger partial charge in [-0.1, -0.05) is 28.1 Å². The second-order valence-corrected chi connectivity index (χ2v) is 6.44. The van der Waals surface area contributed by atoms with Gasteiger partial charge in [-0.05, 0) is 43.9 Å². The molecule has 3 heteroatoms. The predicted octanol–water partition coefficient (Wildman–Crippen LogP) is 3.49. The molecule has 2 nitrogen and oxygen atoms in total. The summed E-state index contributed by atoms with van der Waals surface area (Å²) in [5.41, 5.74) is 2.27. The molecule has 1 fully saturated rings. The first-order chi connectivity index (χ1) is 8.13. The maximum absolute atomic E-state index is 11.0. The zero-order valence-electron chi connectivity index (χ0n) is 10.2. The predicted molar refractivity (Wildman–Crippen MR) is 74.8 cm³/mol. The third-order valence-corrected chi connectivity index (χ3v) is 4.02. The lowest BCUT2D eigenvalue weighted by molar-refractivity contribution is -0.109. The molecule has 0 aromatic heterocycles.